The fourth-order valence-electron chi connectivity index (χ4n) is 3.83. The summed E-state index contributed by atoms with van der Waals surface area (Å²) in [6.07, 6.45) is 3.72. The van der Waals surface area contributed by atoms with Crippen molar-refractivity contribution in [1.82, 2.24) is 5.32 Å². The zero-order valence-corrected chi connectivity index (χ0v) is 20.0. The standard InChI is InChI=1S/C28H28N2O2S/c1-19-9-7-8-12-22(19)18-26-28(32)30(3)24-17-23(15-16-25(24)33-26)27(31)29-20(2)13-14-21-10-5-4-6-11-21/h4-12,15-18,20H,13-14H2,1-3H3,(H,29,31)/b26-18-/t20-/m0/s1. The lowest BCUT2D eigenvalue weighted by Crippen LogP contribution is -2.34. The summed E-state index contributed by atoms with van der Waals surface area (Å²) in [4.78, 5) is 29.1. The third-order valence-corrected chi connectivity index (χ3v) is 6.96. The van der Waals surface area contributed by atoms with Crippen molar-refractivity contribution in [3.05, 3.63) is 100.0 Å². The molecule has 3 aromatic rings. The van der Waals surface area contributed by atoms with Crippen molar-refractivity contribution in [2.24, 2.45) is 0 Å². The van der Waals surface area contributed by atoms with E-state index in [9.17, 15) is 9.59 Å². The molecular formula is C28H28N2O2S. The van der Waals surface area contributed by atoms with Crippen LogP contribution in [0.25, 0.3) is 6.08 Å². The number of carbonyl (C=O) groups is 2. The molecule has 1 aliphatic heterocycles. The summed E-state index contributed by atoms with van der Waals surface area (Å²) in [5.41, 5.74) is 4.74. The maximum absolute atomic E-state index is 13.0. The van der Waals surface area contributed by atoms with Gasteiger partial charge in [-0.1, -0.05) is 66.4 Å². The average molecular weight is 457 g/mol. The van der Waals surface area contributed by atoms with E-state index in [-0.39, 0.29) is 17.9 Å². The molecule has 0 aliphatic carbocycles. The van der Waals surface area contributed by atoms with Crippen molar-refractivity contribution in [2.45, 2.75) is 37.6 Å². The van der Waals surface area contributed by atoms with Crippen molar-refractivity contribution in [1.29, 1.82) is 0 Å². The Bertz CT molecular complexity index is 1200. The summed E-state index contributed by atoms with van der Waals surface area (Å²) in [6, 6.07) is 23.9. The van der Waals surface area contributed by atoms with E-state index in [1.54, 1.807) is 11.9 Å². The minimum atomic E-state index is -0.120. The minimum absolute atomic E-state index is 0.0473. The van der Waals surface area contributed by atoms with Crippen LogP contribution in [0.4, 0.5) is 5.69 Å². The molecule has 1 atom stereocenters. The molecule has 3 aromatic carbocycles. The highest BCUT2D eigenvalue weighted by atomic mass is 32.2. The fourth-order valence-corrected chi connectivity index (χ4v) is 4.92. The number of carbonyl (C=O) groups excluding carboxylic acids is 2. The molecule has 0 radical (unpaired) electrons. The van der Waals surface area contributed by atoms with Gasteiger partial charge in [0.15, 0.2) is 0 Å². The number of nitrogens with zero attached hydrogens (tertiary/aromatic N) is 1. The lowest BCUT2D eigenvalue weighted by Gasteiger charge is -2.27. The first-order chi connectivity index (χ1) is 15.9. The molecule has 0 saturated heterocycles. The maximum Gasteiger partial charge on any atom is 0.264 e. The van der Waals surface area contributed by atoms with Gasteiger partial charge < -0.3 is 10.2 Å². The van der Waals surface area contributed by atoms with Gasteiger partial charge in [-0.3, -0.25) is 9.59 Å². The normalized spacial score (nSPS) is 15.3. The van der Waals surface area contributed by atoms with Gasteiger partial charge in [0.2, 0.25) is 0 Å². The second-order valence-electron chi connectivity index (χ2n) is 8.41. The highest BCUT2D eigenvalue weighted by molar-refractivity contribution is 8.04. The molecule has 2 amide bonds. The lowest BCUT2D eigenvalue weighted by molar-refractivity contribution is -0.114. The first-order valence-corrected chi connectivity index (χ1v) is 12.0. The smallest absolute Gasteiger partial charge is 0.264 e. The van der Waals surface area contributed by atoms with Crippen molar-refractivity contribution in [2.75, 3.05) is 11.9 Å². The molecule has 1 N–H and O–H groups in total. The SMILES string of the molecule is Cc1ccccc1/C=C1\Sc2ccc(C(=O)N[C@@H](C)CCc3ccccc3)cc2N(C)C1=O. The first-order valence-electron chi connectivity index (χ1n) is 11.1. The second-order valence-corrected chi connectivity index (χ2v) is 9.50. The summed E-state index contributed by atoms with van der Waals surface area (Å²) in [7, 11) is 1.76. The van der Waals surface area contributed by atoms with E-state index < -0.39 is 0 Å². The van der Waals surface area contributed by atoms with E-state index in [4.69, 9.17) is 0 Å². The Morgan fingerprint density at radius 2 is 1.79 bits per heavy atom. The van der Waals surface area contributed by atoms with Gasteiger partial charge in [0.05, 0.1) is 10.6 Å². The summed E-state index contributed by atoms with van der Waals surface area (Å²) in [6.45, 7) is 4.06. The van der Waals surface area contributed by atoms with Gasteiger partial charge in [-0.05, 0) is 67.7 Å². The van der Waals surface area contributed by atoms with Crippen LogP contribution >= 0.6 is 11.8 Å². The van der Waals surface area contributed by atoms with Gasteiger partial charge in [0.25, 0.3) is 11.8 Å². The quantitative estimate of drug-likeness (QED) is 0.473. The number of hydrogen-bond donors (Lipinski definition) is 1. The third-order valence-electron chi connectivity index (χ3n) is 5.88. The fraction of sp³-hybridized carbons (Fsp3) is 0.214. The van der Waals surface area contributed by atoms with E-state index >= 15 is 0 Å². The van der Waals surface area contributed by atoms with Crippen LogP contribution in [0.3, 0.4) is 0 Å². The maximum atomic E-state index is 13.0. The molecule has 1 heterocycles. The molecule has 0 aromatic heterocycles. The van der Waals surface area contributed by atoms with E-state index in [1.165, 1.54) is 17.3 Å². The number of aryl methyl sites for hydroxylation is 2. The van der Waals surface area contributed by atoms with Crippen molar-refractivity contribution >= 4 is 35.3 Å². The Hall–Kier alpha value is -3.31. The Kier molecular flexibility index (Phi) is 6.99. The van der Waals surface area contributed by atoms with Crippen molar-refractivity contribution < 1.29 is 9.59 Å². The Balaban J connectivity index is 1.46. The summed E-state index contributed by atoms with van der Waals surface area (Å²) in [5, 5.41) is 3.09. The highest BCUT2D eigenvalue weighted by Crippen LogP contribution is 2.42. The van der Waals surface area contributed by atoms with Crippen LogP contribution in [-0.2, 0) is 11.2 Å². The monoisotopic (exact) mass is 456 g/mol. The number of benzene rings is 3. The van der Waals surface area contributed by atoms with Crippen molar-refractivity contribution in [3.63, 3.8) is 0 Å². The van der Waals surface area contributed by atoms with Crippen LogP contribution in [0.2, 0.25) is 0 Å². The van der Waals surface area contributed by atoms with Crippen LogP contribution < -0.4 is 10.2 Å². The van der Waals surface area contributed by atoms with E-state index in [2.05, 4.69) is 17.4 Å². The molecule has 0 saturated carbocycles. The van der Waals surface area contributed by atoms with Gasteiger partial charge in [0, 0.05) is 23.5 Å². The van der Waals surface area contributed by atoms with Crippen LogP contribution in [-0.4, -0.2) is 24.9 Å². The van der Waals surface area contributed by atoms with E-state index in [1.807, 2.05) is 80.6 Å². The van der Waals surface area contributed by atoms with Crippen LogP contribution in [0, 0.1) is 6.92 Å². The third kappa shape index (κ3) is 5.37. The number of amides is 2. The molecule has 0 bridgehead atoms. The Labute approximate surface area is 199 Å². The predicted octanol–water partition coefficient (Wildman–Crippen LogP) is 5.86. The average Bonchev–Trinajstić information content (AvgIpc) is 2.83. The molecule has 1 aliphatic rings. The van der Waals surface area contributed by atoms with Crippen LogP contribution in [0.5, 0.6) is 0 Å². The van der Waals surface area contributed by atoms with E-state index in [0.29, 0.717) is 10.5 Å². The highest BCUT2D eigenvalue weighted by Gasteiger charge is 2.27. The lowest BCUT2D eigenvalue weighted by atomic mass is 10.1. The van der Waals surface area contributed by atoms with Gasteiger partial charge in [0.1, 0.15) is 0 Å². The number of likely N-dealkylation sites (N-methyl/N-ethyl adjacent to an activating group) is 1. The number of anilines is 1. The van der Waals surface area contributed by atoms with Crippen LogP contribution in [0.1, 0.15) is 40.4 Å². The largest absolute Gasteiger partial charge is 0.350 e. The number of hydrogen-bond acceptors (Lipinski definition) is 3. The summed E-state index contributed by atoms with van der Waals surface area (Å²) < 4.78 is 0. The molecule has 0 spiro atoms. The molecule has 4 nitrogen and oxygen atoms in total. The van der Waals surface area contributed by atoms with Gasteiger partial charge >= 0.3 is 0 Å². The zero-order valence-electron chi connectivity index (χ0n) is 19.2. The Morgan fingerprint density at radius 1 is 1.06 bits per heavy atom. The molecule has 33 heavy (non-hydrogen) atoms. The number of fused-ring (bicyclic) bond motifs is 1. The Morgan fingerprint density at radius 3 is 2.55 bits per heavy atom. The van der Waals surface area contributed by atoms with Gasteiger partial charge in [-0.15, -0.1) is 0 Å². The zero-order chi connectivity index (χ0) is 23.4. The topological polar surface area (TPSA) is 49.4 Å². The number of thioether (sulfide) groups is 1. The molecule has 4 rings (SSSR count). The minimum Gasteiger partial charge on any atom is -0.350 e. The van der Waals surface area contributed by atoms with Gasteiger partial charge in [-0.2, -0.15) is 0 Å². The number of rotatable bonds is 6. The van der Waals surface area contributed by atoms with Crippen LogP contribution in [0.15, 0.2) is 82.6 Å². The second kappa shape index (κ2) is 10.1. The molecule has 0 fully saturated rings. The molecule has 5 heteroatoms. The first kappa shape index (κ1) is 22.9. The van der Waals surface area contributed by atoms with Crippen molar-refractivity contribution in [3.8, 4) is 0 Å². The summed E-state index contributed by atoms with van der Waals surface area (Å²) >= 11 is 1.45. The molecular weight excluding hydrogens is 428 g/mol. The van der Waals surface area contributed by atoms with Gasteiger partial charge in [-0.25, -0.2) is 0 Å². The summed E-state index contributed by atoms with van der Waals surface area (Å²) in [5.74, 6) is -0.185. The predicted molar refractivity (Wildman–Crippen MR) is 137 cm³/mol. The molecule has 0 unspecified atom stereocenters. The number of nitrogens with one attached hydrogen (secondary N) is 1. The molecule has 168 valence electrons. The van der Waals surface area contributed by atoms with E-state index in [0.717, 1.165) is 34.6 Å².